The van der Waals surface area contributed by atoms with Gasteiger partial charge in [-0.05, 0) is 31.4 Å². The van der Waals surface area contributed by atoms with Gasteiger partial charge in [-0.15, -0.1) is 0 Å². The maximum atomic E-state index is 12.5. The molecule has 3 rings (SSSR count). The first-order valence-corrected chi connectivity index (χ1v) is 6.81. The lowest BCUT2D eigenvalue weighted by atomic mass is 9.88. The molecule has 1 aliphatic carbocycles. The molecule has 18 heavy (non-hydrogen) atoms. The quantitative estimate of drug-likeness (QED) is 0.822. The Hall–Kier alpha value is -1.35. The highest BCUT2D eigenvalue weighted by Gasteiger charge is 2.42. The molecule has 3 nitrogen and oxygen atoms in total. The zero-order valence-electron chi connectivity index (χ0n) is 10.5. The van der Waals surface area contributed by atoms with Crippen molar-refractivity contribution in [3.63, 3.8) is 0 Å². The van der Waals surface area contributed by atoms with E-state index in [-0.39, 0.29) is 18.1 Å². The molecule has 2 fully saturated rings. The Morgan fingerprint density at radius 3 is 2.72 bits per heavy atom. The molecule has 3 atom stereocenters. The van der Waals surface area contributed by atoms with Gasteiger partial charge in [-0.1, -0.05) is 24.6 Å². The van der Waals surface area contributed by atoms with Crippen LogP contribution in [0.15, 0.2) is 30.3 Å². The minimum absolute atomic E-state index is 0.124. The van der Waals surface area contributed by atoms with Crippen LogP contribution in [0.1, 0.15) is 36.0 Å². The molecule has 96 valence electrons. The molecule has 0 bridgehead atoms. The van der Waals surface area contributed by atoms with Crippen LogP contribution in [0.2, 0.25) is 0 Å². The van der Waals surface area contributed by atoms with Gasteiger partial charge in [0.25, 0.3) is 5.91 Å². The minimum atomic E-state index is -0.211. The van der Waals surface area contributed by atoms with Crippen molar-refractivity contribution in [2.75, 3.05) is 6.54 Å². The first-order valence-electron chi connectivity index (χ1n) is 6.81. The summed E-state index contributed by atoms with van der Waals surface area (Å²) in [5.74, 6) is 0.422. The number of hydrogen-bond donors (Lipinski definition) is 1. The summed E-state index contributed by atoms with van der Waals surface area (Å²) in [7, 11) is 0. The lowest BCUT2D eigenvalue weighted by molar-refractivity contribution is 0.00258. The van der Waals surface area contributed by atoms with Crippen LogP contribution in [0.4, 0.5) is 0 Å². The second-order valence-corrected chi connectivity index (χ2v) is 5.38. The molecule has 0 aromatic heterocycles. The predicted octanol–water partition coefficient (Wildman–Crippen LogP) is 2.06. The van der Waals surface area contributed by atoms with Gasteiger partial charge in [0.15, 0.2) is 0 Å². The molecular weight excluding hydrogens is 226 g/mol. The number of carbonyl (C=O) groups excluding carboxylic acids is 1. The molecule has 1 amide bonds. The molecule has 1 aromatic carbocycles. The van der Waals surface area contributed by atoms with Crippen LogP contribution in [0.25, 0.3) is 0 Å². The molecule has 0 unspecified atom stereocenters. The highest BCUT2D eigenvalue weighted by atomic mass is 16.3. The maximum absolute atomic E-state index is 12.5. The van der Waals surface area contributed by atoms with E-state index in [1.54, 1.807) is 0 Å². The van der Waals surface area contributed by atoms with Gasteiger partial charge in [-0.25, -0.2) is 0 Å². The highest BCUT2D eigenvalue weighted by Crippen LogP contribution is 2.37. The molecule has 3 heteroatoms. The smallest absolute Gasteiger partial charge is 0.254 e. The van der Waals surface area contributed by atoms with Crippen molar-refractivity contribution in [3.05, 3.63) is 35.9 Å². The van der Waals surface area contributed by atoms with Gasteiger partial charge in [0, 0.05) is 24.1 Å². The molecule has 1 saturated heterocycles. The SMILES string of the molecule is O=C(c1ccccc1)N1CC[C@@H](O)[C@H]2CCC[C@@H]21. The molecular formula is C15H19NO2. The number of carbonyl (C=O) groups is 1. The van der Waals surface area contributed by atoms with Crippen LogP contribution >= 0.6 is 0 Å². The van der Waals surface area contributed by atoms with Gasteiger partial charge in [0.2, 0.25) is 0 Å². The Kier molecular flexibility index (Phi) is 3.08. The summed E-state index contributed by atoms with van der Waals surface area (Å²) in [4.78, 5) is 14.5. The average Bonchev–Trinajstić information content (AvgIpc) is 2.90. The number of rotatable bonds is 1. The largest absolute Gasteiger partial charge is 0.393 e. The summed E-state index contributed by atoms with van der Waals surface area (Å²) in [6.45, 7) is 0.691. The maximum Gasteiger partial charge on any atom is 0.254 e. The van der Waals surface area contributed by atoms with Crippen molar-refractivity contribution in [2.45, 2.75) is 37.8 Å². The fraction of sp³-hybridized carbons (Fsp3) is 0.533. The Morgan fingerprint density at radius 1 is 1.17 bits per heavy atom. The van der Waals surface area contributed by atoms with E-state index in [0.717, 1.165) is 31.2 Å². The first kappa shape index (κ1) is 11.7. The molecule has 2 aliphatic rings. The zero-order chi connectivity index (χ0) is 12.5. The molecule has 0 radical (unpaired) electrons. The fourth-order valence-electron chi connectivity index (χ4n) is 3.45. The van der Waals surface area contributed by atoms with Gasteiger partial charge in [-0.2, -0.15) is 0 Å². The van der Waals surface area contributed by atoms with E-state index >= 15 is 0 Å². The van der Waals surface area contributed by atoms with E-state index in [4.69, 9.17) is 0 Å². The highest BCUT2D eigenvalue weighted by molar-refractivity contribution is 5.94. The minimum Gasteiger partial charge on any atom is -0.393 e. The van der Waals surface area contributed by atoms with Gasteiger partial charge < -0.3 is 10.0 Å². The van der Waals surface area contributed by atoms with Crippen LogP contribution in [0.5, 0.6) is 0 Å². The van der Waals surface area contributed by atoms with Crippen LogP contribution in [0.3, 0.4) is 0 Å². The van der Waals surface area contributed by atoms with Crippen molar-refractivity contribution in [3.8, 4) is 0 Å². The number of aliphatic hydroxyl groups excluding tert-OH is 1. The van der Waals surface area contributed by atoms with E-state index in [1.807, 2.05) is 35.2 Å². The third-order valence-electron chi connectivity index (χ3n) is 4.37. The van der Waals surface area contributed by atoms with E-state index in [0.29, 0.717) is 12.5 Å². The summed E-state index contributed by atoms with van der Waals surface area (Å²) in [6, 6.07) is 9.72. The summed E-state index contributed by atoms with van der Waals surface area (Å²) >= 11 is 0. The molecule has 1 aromatic rings. The lowest BCUT2D eigenvalue weighted by Gasteiger charge is -2.40. The van der Waals surface area contributed by atoms with Crippen molar-refractivity contribution in [1.82, 2.24) is 4.90 Å². The number of benzene rings is 1. The molecule has 1 N–H and O–H groups in total. The van der Waals surface area contributed by atoms with Crippen molar-refractivity contribution in [2.24, 2.45) is 5.92 Å². The van der Waals surface area contributed by atoms with Crippen molar-refractivity contribution >= 4 is 5.91 Å². The number of amides is 1. The number of nitrogens with zero attached hydrogens (tertiary/aromatic N) is 1. The van der Waals surface area contributed by atoms with E-state index < -0.39 is 0 Å². The Labute approximate surface area is 107 Å². The number of piperidine rings is 1. The van der Waals surface area contributed by atoms with Gasteiger partial charge >= 0.3 is 0 Å². The van der Waals surface area contributed by atoms with Gasteiger partial charge in [0.05, 0.1) is 6.10 Å². The van der Waals surface area contributed by atoms with Gasteiger partial charge in [-0.3, -0.25) is 4.79 Å². The Balaban J connectivity index is 1.82. The summed E-state index contributed by atoms with van der Waals surface area (Å²) in [5.41, 5.74) is 0.763. The number of aliphatic hydroxyl groups is 1. The standard InChI is InChI=1S/C15H19NO2/c17-14-9-10-16(13-8-4-7-12(13)14)15(18)11-5-2-1-3-6-11/h1-3,5-6,12-14,17H,4,7-10H2/t12-,13-,14+/m0/s1. The summed E-state index contributed by atoms with van der Waals surface area (Å²) in [6.07, 6.45) is 3.74. The van der Waals surface area contributed by atoms with Crippen LogP contribution < -0.4 is 0 Å². The summed E-state index contributed by atoms with van der Waals surface area (Å²) < 4.78 is 0. The molecule has 0 spiro atoms. The van der Waals surface area contributed by atoms with Crippen molar-refractivity contribution < 1.29 is 9.90 Å². The predicted molar refractivity (Wildman–Crippen MR) is 69.2 cm³/mol. The Bertz CT molecular complexity index is 431. The van der Waals surface area contributed by atoms with E-state index in [9.17, 15) is 9.90 Å². The van der Waals surface area contributed by atoms with E-state index in [2.05, 4.69) is 0 Å². The molecule has 1 saturated carbocycles. The second-order valence-electron chi connectivity index (χ2n) is 5.38. The summed E-state index contributed by atoms with van der Waals surface area (Å²) in [5, 5.41) is 10.0. The normalized spacial score (nSPS) is 31.2. The van der Waals surface area contributed by atoms with Crippen LogP contribution in [0, 0.1) is 5.92 Å². The fourth-order valence-corrected chi connectivity index (χ4v) is 3.45. The lowest BCUT2D eigenvalue weighted by Crippen LogP contribution is -2.51. The number of likely N-dealkylation sites (tertiary alicyclic amines) is 1. The number of hydrogen-bond acceptors (Lipinski definition) is 2. The third-order valence-corrected chi connectivity index (χ3v) is 4.37. The van der Waals surface area contributed by atoms with Crippen molar-refractivity contribution in [1.29, 1.82) is 0 Å². The monoisotopic (exact) mass is 245 g/mol. The number of fused-ring (bicyclic) bond motifs is 1. The second kappa shape index (κ2) is 4.73. The topological polar surface area (TPSA) is 40.5 Å². The van der Waals surface area contributed by atoms with Crippen LogP contribution in [-0.4, -0.2) is 34.6 Å². The Morgan fingerprint density at radius 2 is 1.94 bits per heavy atom. The average molecular weight is 245 g/mol. The van der Waals surface area contributed by atoms with Gasteiger partial charge in [0.1, 0.15) is 0 Å². The first-order chi connectivity index (χ1) is 8.77. The zero-order valence-corrected chi connectivity index (χ0v) is 10.5. The van der Waals surface area contributed by atoms with E-state index in [1.165, 1.54) is 0 Å². The molecule has 1 aliphatic heterocycles. The van der Waals surface area contributed by atoms with Crippen LogP contribution in [-0.2, 0) is 0 Å². The molecule has 1 heterocycles. The third kappa shape index (κ3) is 1.93.